The van der Waals surface area contributed by atoms with Crippen LogP contribution in [0.4, 0.5) is 0 Å². The minimum atomic E-state index is -0.181. The molecule has 0 saturated heterocycles. The smallest absolute Gasteiger partial charge is 0.127 e. The van der Waals surface area contributed by atoms with Crippen LogP contribution in [0, 0.1) is 11.3 Å². The van der Waals surface area contributed by atoms with Gasteiger partial charge in [0, 0.05) is 11.3 Å². The fourth-order valence-electron chi connectivity index (χ4n) is 1.96. The summed E-state index contributed by atoms with van der Waals surface area (Å²) in [5.41, 5.74) is -0.181. The summed E-state index contributed by atoms with van der Waals surface area (Å²) in [7, 11) is 0. The van der Waals surface area contributed by atoms with Gasteiger partial charge >= 0.3 is 0 Å². The third-order valence-corrected chi connectivity index (χ3v) is 3.17. The van der Waals surface area contributed by atoms with E-state index in [-0.39, 0.29) is 5.41 Å². The zero-order chi connectivity index (χ0) is 8.32. The fraction of sp³-hybridized carbons (Fsp3) is 0.889. The van der Waals surface area contributed by atoms with E-state index in [1.807, 2.05) is 0 Å². The van der Waals surface area contributed by atoms with E-state index < -0.39 is 0 Å². The third-order valence-electron chi connectivity index (χ3n) is 2.64. The van der Waals surface area contributed by atoms with E-state index >= 15 is 0 Å². The Hall–Kier alpha value is -0.0400. The van der Waals surface area contributed by atoms with Crippen molar-refractivity contribution < 1.29 is 4.79 Å². The van der Waals surface area contributed by atoms with Gasteiger partial charge < -0.3 is 4.79 Å². The summed E-state index contributed by atoms with van der Waals surface area (Å²) >= 11 is 5.77. The van der Waals surface area contributed by atoms with Gasteiger partial charge in [0.05, 0.1) is 0 Å². The van der Waals surface area contributed by atoms with Crippen LogP contribution in [-0.4, -0.2) is 12.2 Å². The molecule has 1 fully saturated rings. The molecule has 1 rings (SSSR count). The van der Waals surface area contributed by atoms with E-state index in [1.165, 1.54) is 6.42 Å². The molecule has 11 heavy (non-hydrogen) atoms. The highest BCUT2D eigenvalue weighted by Gasteiger charge is 2.33. The number of rotatable bonds is 2. The average Bonchev–Trinajstić information content (AvgIpc) is 2.04. The fourth-order valence-corrected chi connectivity index (χ4v) is 2.27. The number of alkyl halides is 1. The van der Waals surface area contributed by atoms with Crippen molar-refractivity contribution in [1.29, 1.82) is 0 Å². The zero-order valence-electron chi connectivity index (χ0n) is 6.98. The number of carbonyl (C=O) groups is 1. The van der Waals surface area contributed by atoms with Crippen molar-refractivity contribution in [2.75, 3.05) is 5.88 Å². The second-order valence-electron chi connectivity index (χ2n) is 3.82. The quantitative estimate of drug-likeness (QED) is 0.465. The highest BCUT2D eigenvalue weighted by Crippen LogP contribution is 2.38. The summed E-state index contributed by atoms with van der Waals surface area (Å²) in [5.74, 6) is 1.17. The van der Waals surface area contributed by atoms with Crippen molar-refractivity contribution in [2.45, 2.75) is 32.6 Å². The molecule has 0 heterocycles. The standard InChI is InChI=1S/C9H15ClO/c1-8-3-2-4-9(5-8,6-10)7-11/h7-8H,2-6H2,1H3. The lowest BCUT2D eigenvalue weighted by atomic mass is 9.72. The summed E-state index contributed by atoms with van der Waals surface area (Å²) < 4.78 is 0. The van der Waals surface area contributed by atoms with E-state index in [0.29, 0.717) is 11.8 Å². The molecule has 0 spiro atoms. The van der Waals surface area contributed by atoms with Crippen molar-refractivity contribution in [3.63, 3.8) is 0 Å². The summed E-state index contributed by atoms with van der Waals surface area (Å²) in [6, 6.07) is 0. The molecule has 1 saturated carbocycles. The van der Waals surface area contributed by atoms with Crippen LogP contribution in [-0.2, 0) is 4.79 Å². The molecule has 0 radical (unpaired) electrons. The van der Waals surface area contributed by atoms with Gasteiger partial charge in [-0.2, -0.15) is 0 Å². The van der Waals surface area contributed by atoms with Crippen molar-refractivity contribution in [3.8, 4) is 0 Å². The van der Waals surface area contributed by atoms with Crippen molar-refractivity contribution >= 4 is 17.9 Å². The average molecular weight is 175 g/mol. The van der Waals surface area contributed by atoms with Crippen LogP contribution in [0.25, 0.3) is 0 Å². The Morgan fingerprint density at radius 1 is 1.73 bits per heavy atom. The molecule has 2 unspecified atom stereocenters. The van der Waals surface area contributed by atoms with E-state index in [1.54, 1.807) is 0 Å². The maximum atomic E-state index is 10.8. The molecule has 0 aromatic rings. The number of carbonyl (C=O) groups excluding carboxylic acids is 1. The molecule has 1 nitrogen and oxygen atoms in total. The molecule has 2 atom stereocenters. The lowest BCUT2D eigenvalue weighted by molar-refractivity contribution is -0.117. The minimum Gasteiger partial charge on any atom is -0.303 e. The molecule has 2 heteroatoms. The molecule has 0 N–H and O–H groups in total. The Balaban J connectivity index is 2.59. The molecule has 0 amide bonds. The largest absolute Gasteiger partial charge is 0.303 e. The van der Waals surface area contributed by atoms with Crippen LogP contribution >= 0.6 is 11.6 Å². The molecule has 0 aromatic heterocycles. The molecule has 64 valence electrons. The highest BCUT2D eigenvalue weighted by molar-refractivity contribution is 6.19. The van der Waals surface area contributed by atoms with Gasteiger partial charge in [0.25, 0.3) is 0 Å². The first-order valence-corrected chi connectivity index (χ1v) is 4.78. The van der Waals surface area contributed by atoms with Crippen LogP contribution in [0.3, 0.4) is 0 Å². The lowest BCUT2D eigenvalue weighted by Crippen LogP contribution is -2.30. The van der Waals surface area contributed by atoms with E-state index in [0.717, 1.165) is 25.5 Å². The Bertz CT molecular complexity index is 146. The lowest BCUT2D eigenvalue weighted by Gasteiger charge is -2.33. The Morgan fingerprint density at radius 2 is 2.45 bits per heavy atom. The first-order chi connectivity index (χ1) is 5.22. The third kappa shape index (κ3) is 1.96. The summed E-state index contributed by atoms with van der Waals surface area (Å²) in [6.07, 6.45) is 5.46. The maximum Gasteiger partial charge on any atom is 0.127 e. The Kier molecular flexibility index (Phi) is 2.94. The molecular formula is C9H15ClO. The highest BCUT2D eigenvalue weighted by atomic mass is 35.5. The summed E-state index contributed by atoms with van der Waals surface area (Å²) in [6.45, 7) is 2.20. The van der Waals surface area contributed by atoms with E-state index in [2.05, 4.69) is 6.92 Å². The number of halogens is 1. The topological polar surface area (TPSA) is 17.1 Å². The second-order valence-corrected chi connectivity index (χ2v) is 4.08. The number of aldehydes is 1. The molecule has 1 aliphatic carbocycles. The van der Waals surface area contributed by atoms with Crippen LogP contribution in [0.1, 0.15) is 32.6 Å². The van der Waals surface area contributed by atoms with E-state index in [9.17, 15) is 4.79 Å². The Morgan fingerprint density at radius 3 is 2.82 bits per heavy atom. The van der Waals surface area contributed by atoms with Gasteiger partial charge in [-0.05, 0) is 18.8 Å². The first-order valence-electron chi connectivity index (χ1n) is 4.25. The van der Waals surface area contributed by atoms with Crippen molar-refractivity contribution in [3.05, 3.63) is 0 Å². The maximum absolute atomic E-state index is 10.8. The van der Waals surface area contributed by atoms with Crippen LogP contribution in [0.2, 0.25) is 0 Å². The van der Waals surface area contributed by atoms with Gasteiger partial charge in [0.2, 0.25) is 0 Å². The van der Waals surface area contributed by atoms with Gasteiger partial charge in [-0.15, -0.1) is 11.6 Å². The summed E-state index contributed by atoms with van der Waals surface area (Å²) in [4.78, 5) is 10.8. The van der Waals surface area contributed by atoms with Crippen molar-refractivity contribution in [1.82, 2.24) is 0 Å². The van der Waals surface area contributed by atoms with Gasteiger partial charge in [-0.3, -0.25) is 0 Å². The predicted octanol–water partition coefficient (Wildman–Crippen LogP) is 2.62. The van der Waals surface area contributed by atoms with Crippen LogP contribution < -0.4 is 0 Å². The molecular weight excluding hydrogens is 160 g/mol. The molecule has 0 aromatic carbocycles. The monoisotopic (exact) mass is 174 g/mol. The van der Waals surface area contributed by atoms with E-state index in [4.69, 9.17) is 11.6 Å². The van der Waals surface area contributed by atoms with Gasteiger partial charge in [0.1, 0.15) is 6.29 Å². The summed E-state index contributed by atoms with van der Waals surface area (Å²) in [5, 5.41) is 0. The normalized spacial score (nSPS) is 38.5. The molecule has 0 aliphatic heterocycles. The second kappa shape index (κ2) is 3.57. The number of hydrogen-bond acceptors (Lipinski definition) is 1. The minimum absolute atomic E-state index is 0.181. The number of hydrogen-bond donors (Lipinski definition) is 0. The Labute approximate surface area is 73.1 Å². The van der Waals surface area contributed by atoms with Crippen molar-refractivity contribution in [2.24, 2.45) is 11.3 Å². The molecule has 1 aliphatic rings. The zero-order valence-corrected chi connectivity index (χ0v) is 7.73. The SMILES string of the molecule is CC1CCCC(C=O)(CCl)C1. The first kappa shape index (κ1) is 9.05. The van der Waals surface area contributed by atoms with Crippen LogP contribution in [0.15, 0.2) is 0 Å². The van der Waals surface area contributed by atoms with Gasteiger partial charge in [0.15, 0.2) is 0 Å². The molecule has 0 bridgehead atoms. The predicted molar refractivity (Wildman–Crippen MR) is 46.8 cm³/mol. The van der Waals surface area contributed by atoms with Gasteiger partial charge in [-0.1, -0.05) is 19.8 Å². The van der Waals surface area contributed by atoms with Crippen LogP contribution in [0.5, 0.6) is 0 Å². The van der Waals surface area contributed by atoms with Gasteiger partial charge in [-0.25, -0.2) is 0 Å².